The third-order valence-electron chi connectivity index (χ3n) is 3.17. The van der Waals surface area contributed by atoms with Gasteiger partial charge in [-0.15, -0.1) is 11.8 Å². The Morgan fingerprint density at radius 3 is 2.55 bits per heavy atom. The highest BCUT2D eigenvalue weighted by molar-refractivity contribution is 7.99. The molecule has 0 spiro atoms. The normalized spacial score (nSPS) is 15.5. The number of hydrogen-bond donors (Lipinski definition) is 1. The van der Waals surface area contributed by atoms with Gasteiger partial charge in [-0.3, -0.25) is 4.79 Å². The van der Waals surface area contributed by atoms with Crippen LogP contribution in [0.4, 0.5) is 0 Å². The van der Waals surface area contributed by atoms with Crippen molar-refractivity contribution in [3.05, 3.63) is 35.4 Å². The van der Waals surface area contributed by atoms with Crippen LogP contribution in [-0.2, 0) is 15.3 Å². The summed E-state index contributed by atoms with van der Waals surface area (Å²) in [5.74, 6) is 0.533. The van der Waals surface area contributed by atoms with Crippen LogP contribution in [0, 0.1) is 0 Å². The molecular weight excluding hydrogens is 274 g/mol. The number of carbonyl (C=O) groups is 2. The minimum Gasteiger partial charge on any atom is -0.465 e. The first-order valence-corrected chi connectivity index (χ1v) is 7.74. The van der Waals surface area contributed by atoms with Gasteiger partial charge in [-0.05, 0) is 37.5 Å². The van der Waals surface area contributed by atoms with Crippen LogP contribution in [0.15, 0.2) is 24.3 Å². The lowest BCUT2D eigenvalue weighted by Crippen LogP contribution is -2.32. The number of nitrogens with one attached hydrogen (secondary N) is 1. The summed E-state index contributed by atoms with van der Waals surface area (Å²) in [6.07, 6.45) is 2.22. The molecule has 2 rings (SSSR count). The Kier molecular flexibility index (Phi) is 5.06. The minimum absolute atomic E-state index is 0.0594. The molecule has 1 aromatic carbocycles. The van der Waals surface area contributed by atoms with E-state index < -0.39 is 0 Å². The number of hydrogen-bond acceptors (Lipinski definition) is 4. The number of ether oxygens (including phenoxy) is 1. The topological polar surface area (TPSA) is 55.4 Å². The van der Waals surface area contributed by atoms with Gasteiger partial charge in [0.15, 0.2) is 0 Å². The predicted molar refractivity (Wildman–Crippen MR) is 79.7 cm³/mol. The second-order valence-corrected chi connectivity index (χ2v) is 6.25. The molecule has 1 amide bonds. The van der Waals surface area contributed by atoms with Crippen molar-refractivity contribution in [3.8, 4) is 0 Å². The quantitative estimate of drug-likeness (QED) is 0.818. The van der Waals surface area contributed by atoms with E-state index in [1.807, 2.05) is 19.1 Å². The van der Waals surface area contributed by atoms with Gasteiger partial charge in [0.05, 0.1) is 17.9 Å². The molecule has 1 fully saturated rings. The number of benzene rings is 1. The molecule has 1 aliphatic carbocycles. The van der Waals surface area contributed by atoms with Crippen molar-refractivity contribution in [2.24, 2.45) is 0 Å². The maximum absolute atomic E-state index is 11.8. The Hall–Kier alpha value is -1.49. The van der Waals surface area contributed by atoms with Gasteiger partial charge in [-0.2, -0.15) is 0 Å². The molecule has 1 saturated carbocycles. The molecule has 108 valence electrons. The molecule has 0 saturated heterocycles. The smallest absolute Gasteiger partial charge is 0.337 e. The average Bonchev–Trinajstić information content (AvgIpc) is 3.28. The maximum atomic E-state index is 11.8. The molecule has 1 N–H and O–H groups in total. The molecule has 0 aromatic heterocycles. The second kappa shape index (κ2) is 6.79. The van der Waals surface area contributed by atoms with Crippen LogP contribution in [0.2, 0.25) is 0 Å². The number of thioether (sulfide) groups is 1. The van der Waals surface area contributed by atoms with E-state index in [-0.39, 0.29) is 17.1 Å². The van der Waals surface area contributed by atoms with Gasteiger partial charge in [-0.1, -0.05) is 12.1 Å². The number of amides is 1. The van der Waals surface area contributed by atoms with E-state index in [9.17, 15) is 9.59 Å². The molecule has 0 aliphatic heterocycles. The monoisotopic (exact) mass is 293 g/mol. The molecule has 4 nitrogen and oxygen atoms in total. The highest BCUT2D eigenvalue weighted by atomic mass is 32.2. The Morgan fingerprint density at radius 1 is 1.35 bits per heavy atom. The zero-order valence-corrected chi connectivity index (χ0v) is 12.5. The molecule has 1 atom stereocenters. The molecule has 0 radical (unpaired) electrons. The predicted octanol–water partition coefficient (Wildman–Crippen LogP) is 2.37. The van der Waals surface area contributed by atoms with E-state index in [1.54, 1.807) is 23.9 Å². The molecule has 1 aliphatic rings. The first-order valence-electron chi connectivity index (χ1n) is 6.69. The standard InChI is InChI=1S/C15H19NO3S/c1-10(14(17)16-13-7-8-13)20-9-11-3-5-12(6-4-11)15(18)19-2/h3-6,10,13H,7-9H2,1-2H3,(H,16,17). The van der Waals surface area contributed by atoms with Crippen LogP contribution in [0.1, 0.15) is 35.7 Å². The lowest BCUT2D eigenvalue weighted by Gasteiger charge is -2.11. The fraction of sp³-hybridized carbons (Fsp3) is 0.467. The van der Waals surface area contributed by atoms with Gasteiger partial charge in [0, 0.05) is 11.8 Å². The average molecular weight is 293 g/mol. The van der Waals surface area contributed by atoms with Gasteiger partial charge in [0.25, 0.3) is 0 Å². The summed E-state index contributed by atoms with van der Waals surface area (Å²) in [4.78, 5) is 23.1. The maximum Gasteiger partial charge on any atom is 0.337 e. The van der Waals surface area contributed by atoms with Crippen LogP contribution in [0.5, 0.6) is 0 Å². The van der Waals surface area contributed by atoms with E-state index in [0.717, 1.165) is 24.2 Å². The van der Waals surface area contributed by atoms with E-state index >= 15 is 0 Å². The van der Waals surface area contributed by atoms with E-state index in [0.29, 0.717) is 11.6 Å². The van der Waals surface area contributed by atoms with Crippen molar-refractivity contribution >= 4 is 23.6 Å². The molecule has 0 bridgehead atoms. The summed E-state index contributed by atoms with van der Waals surface area (Å²) in [7, 11) is 1.37. The van der Waals surface area contributed by atoms with Gasteiger partial charge >= 0.3 is 5.97 Å². The van der Waals surface area contributed by atoms with Gasteiger partial charge in [0.1, 0.15) is 0 Å². The molecule has 1 aromatic rings. The molecule has 1 unspecified atom stereocenters. The van der Waals surface area contributed by atoms with Crippen LogP contribution in [0.25, 0.3) is 0 Å². The Bertz CT molecular complexity index is 482. The van der Waals surface area contributed by atoms with E-state index in [2.05, 4.69) is 10.1 Å². The van der Waals surface area contributed by atoms with Crippen molar-refractivity contribution in [2.75, 3.05) is 7.11 Å². The van der Waals surface area contributed by atoms with Crippen LogP contribution < -0.4 is 5.32 Å². The van der Waals surface area contributed by atoms with Crippen molar-refractivity contribution in [3.63, 3.8) is 0 Å². The highest BCUT2D eigenvalue weighted by Gasteiger charge is 2.25. The zero-order chi connectivity index (χ0) is 14.5. The fourth-order valence-electron chi connectivity index (χ4n) is 1.70. The van der Waals surface area contributed by atoms with E-state index in [4.69, 9.17) is 0 Å². The molecule has 5 heteroatoms. The number of esters is 1. The largest absolute Gasteiger partial charge is 0.465 e. The first-order chi connectivity index (χ1) is 9.60. The van der Waals surface area contributed by atoms with Crippen molar-refractivity contribution < 1.29 is 14.3 Å². The summed E-state index contributed by atoms with van der Waals surface area (Å²) < 4.78 is 4.65. The number of rotatable bonds is 6. The lowest BCUT2D eigenvalue weighted by atomic mass is 10.1. The van der Waals surface area contributed by atoms with E-state index in [1.165, 1.54) is 7.11 Å². The van der Waals surface area contributed by atoms with Crippen LogP contribution in [-0.4, -0.2) is 30.3 Å². The first kappa shape index (κ1) is 14.9. The SMILES string of the molecule is COC(=O)c1ccc(CSC(C)C(=O)NC2CC2)cc1. The molecule has 0 heterocycles. The Labute approximate surface area is 123 Å². The third kappa shape index (κ3) is 4.27. The summed E-state index contributed by atoms with van der Waals surface area (Å²) in [6, 6.07) is 7.69. The zero-order valence-electron chi connectivity index (χ0n) is 11.7. The Balaban J connectivity index is 1.80. The second-order valence-electron chi connectivity index (χ2n) is 4.92. The highest BCUT2D eigenvalue weighted by Crippen LogP contribution is 2.22. The van der Waals surface area contributed by atoms with Crippen molar-refractivity contribution in [2.45, 2.75) is 36.8 Å². The van der Waals surface area contributed by atoms with Gasteiger partial charge in [0.2, 0.25) is 5.91 Å². The third-order valence-corrected chi connectivity index (χ3v) is 4.38. The fourth-order valence-corrected chi connectivity index (χ4v) is 2.55. The van der Waals surface area contributed by atoms with Crippen molar-refractivity contribution in [1.82, 2.24) is 5.32 Å². The summed E-state index contributed by atoms with van der Waals surface area (Å²) in [5.41, 5.74) is 1.63. The van der Waals surface area contributed by atoms with Crippen LogP contribution in [0.3, 0.4) is 0 Å². The summed E-state index contributed by atoms with van der Waals surface area (Å²) >= 11 is 1.60. The number of methoxy groups -OCH3 is 1. The van der Waals surface area contributed by atoms with Crippen LogP contribution >= 0.6 is 11.8 Å². The summed E-state index contributed by atoms with van der Waals surface area (Å²) in [6.45, 7) is 1.92. The van der Waals surface area contributed by atoms with Crippen molar-refractivity contribution in [1.29, 1.82) is 0 Å². The number of carbonyl (C=O) groups excluding carboxylic acids is 2. The minimum atomic E-state index is -0.332. The van der Waals surface area contributed by atoms with Gasteiger partial charge in [-0.25, -0.2) is 4.79 Å². The Morgan fingerprint density at radius 2 is 2.00 bits per heavy atom. The summed E-state index contributed by atoms with van der Waals surface area (Å²) in [5, 5.41) is 2.94. The molecular formula is C15H19NO3S. The molecule has 20 heavy (non-hydrogen) atoms. The lowest BCUT2D eigenvalue weighted by molar-refractivity contribution is -0.120. The van der Waals surface area contributed by atoms with Gasteiger partial charge < -0.3 is 10.1 Å².